The molecule has 4 rings (SSSR count). The van der Waals surface area contributed by atoms with Gasteiger partial charge < -0.3 is 14.8 Å². The lowest BCUT2D eigenvalue weighted by Crippen LogP contribution is -2.39. The third kappa shape index (κ3) is 4.02. The number of ether oxygens (including phenoxy) is 2. The molecule has 0 spiro atoms. The average molecular weight is 385 g/mol. The van der Waals surface area contributed by atoms with Crippen molar-refractivity contribution in [2.75, 3.05) is 20.3 Å². The van der Waals surface area contributed by atoms with E-state index in [1.165, 1.54) is 0 Å². The molecule has 2 N–H and O–H groups in total. The summed E-state index contributed by atoms with van der Waals surface area (Å²) in [4.78, 5) is 25.8. The first kappa shape index (κ1) is 18.5. The summed E-state index contributed by atoms with van der Waals surface area (Å²) in [5.41, 5.74) is 1.39. The smallest absolute Gasteiger partial charge is 0.272 e. The fourth-order valence-electron chi connectivity index (χ4n) is 3.41. The van der Waals surface area contributed by atoms with E-state index in [9.17, 15) is 4.79 Å². The van der Waals surface area contributed by atoms with Crippen molar-refractivity contribution >= 4 is 16.9 Å². The molecule has 0 saturated heterocycles. The van der Waals surface area contributed by atoms with E-state index in [0.717, 1.165) is 25.7 Å². The molecule has 1 fully saturated rings. The number of amides is 1. The standard InChI is InChI=1S/C18H23N7O3/c1-27-8-9-28-13-4-2-12(3-5-13)21-17(26)16-15-14(10-20-24-15)22-18(23-16)25-7-6-19-11-25/h6-7,10-13H,2-5,8-9H2,1H3,(H,20,24)(H,21,26). The van der Waals surface area contributed by atoms with Crippen LogP contribution in [0.5, 0.6) is 0 Å². The van der Waals surface area contributed by atoms with E-state index in [-0.39, 0.29) is 23.7 Å². The fraction of sp³-hybridized carbons (Fsp3) is 0.500. The van der Waals surface area contributed by atoms with Crippen LogP contribution in [-0.2, 0) is 9.47 Å². The van der Waals surface area contributed by atoms with Crippen LogP contribution in [0, 0.1) is 0 Å². The SMILES string of the molecule is COCCOC1CCC(NC(=O)c2nc(-n3ccnc3)nc3cn[nH]c23)CC1. The van der Waals surface area contributed by atoms with Crippen molar-refractivity contribution in [2.45, 2.75) is 37.8 Å². The molecule has 0 unspecified atom stereocenters. The quantitative estimate of drug-likeness (QED) is 0.587. The molecule has 0 radical (unpaired) electrons. The lowest BCUT2D eigenvalue weighted by molar-refractivity contribution is -0.00409. The molecule has 148 valence electrons. The molecule has 1 amide bonds. The van der Waals surface area contributed by atoms with Gasteiger partial charge in [0.05, 0.1) is 25.5 Å². The molecule has 0 atom stereocenters. The summed E-state index contributed by atoms with van der Waals surface area (Å²) in [6.45, 7) is 1.21. The number of hydrogen-bond acceptors (Lipinski definition) is 7. The lowest BCUT2D eigenvalue weighted by atomic mass is 9.93. The van der Waals surface area contributed by atoms with E-state index in [1.807, 2.05) is 0 Å². The highest BCUT2D eigenvalue weighted by atomic mass is 16.5. The van der Waals surface area contributed by atoms with Crippen molar-refractivity contribution in [2.24, 2.45) is 0 Å². The van der Waals surface area contributed by atoms with Gasteiger partial charge in [0.25, 0.3) is 5.91 Å². The molecule has 10 nitrogen and oxygen atoms in total. The Labute approximate surface area is 161 Å². The average Bonchev–Trinajstić information content (AvgIpc) is 3.40. The van der Waals surface area contributed by atoms with Crippen LogP contribution in [0.4, 0.5) is 0 Å². The number of aromatic nitrogens is 6. The summed E-state index contributed by atoms with van der Waals surface area (Å²) in [6.07, 6.45) is 10.3. The Hall–Kier alpha value is -2.85. The zero-order valence-electron chi connectivity index (χ0n) is 15.7. The molecule has 3 heterocycles. The van der Waals surface area contributed by atoms with Crippen LogP contribution in [-0.4, -0.2) is 68.1 Å². The monoisotopic (exact) mass is 385 g/mol. The van der Waals surface area contributed by atoms with Crippen molar-refractivity contribution in [3.8, 4) is 5.95 Å². The van der Waals surface area contributed by atoms with Crippen LogP contribution in [0.3, 0.4) is 0 Å². The van der Waals surface area contributed by atoms with Crippen molar-refractivity contribution in [1.82, 2.24) is 35.0 Å². The minimum Gasteiger partial charge on any atom is -0.382 e. The van der Waals surface area contributed by atoms with Gasteiger partial charge in [-0.3, -0.25) is 14.5 Å². The number of methoxy groups -OCH3 is 1. The molecule has 0 aromatic carbocycles. The predicted molar refractivity (Wildman–Crippen MR) is 100 cm³/mol. The second-order valence-electron chi connectivity index (χ2n) is 6.78. The van der Waals surface area contributed by atoms with Crippen molar-refractivity contribution in [3.05, 3.63) is 30.6 Å². The van der Waals surface area contributed by atoms with Gasteiger partial charge in [0, 0.05) is 25.5 Å². The first-order valence-corrected chi connectivity index (χ1v) is 9.35. The van der Waals surface area contributed by atoms with Gasteiger partial charge in [-0.2, -0.15) is 5.10 Å². The highest BCUT2D eigenvalue weighted by molar-refractivity contribution is 6.02. The molecule has 0 bridgehead atoms. The second-order valence-corrected chi connectivity index (χ2v) is 6.78. The highest BCUT2D eigenvalue weighted by Crippen LogP contribution is 2.22. The Balaban J connectivity index is 1.44. The number of nitrogens with one attached hydrogen (secondary N) is 2. The van der Waals surface area contributed by atoms with E-state index < -0.39 is 0 Å². The van der Waals surface area contributed by atoms with E-state index in [1.54, 1.807) is 36.6 Å². The van der Waals surface area contributed by atoms with Gasteiger partial charge in [-0.15, -0.1) is 0 Å². The molecule has 28 heavy (non-hydrogen) atoms. The molecule has 3 aromatic heterocycles. The summed E-state index contributed by atoms with van der Waals surface area (Å²) in [5, 5.41) is 9.92. The zero-order valence-corrected chi connectivity index (χ0v) is 15.7. The number of aromatic amines is 1. The Morgan fingerprint density at radius 2 is 2.14 bits per heavy atom. The Morgan fingerprint density at radius 1 is 1.29 bits per heavy atom. The lowest BCUT2D eigenvalue weighted by Gasteiger charge is -2.29. The van der Waals surface area contributed by atoms with Crippen LogP contribution in [0.15, 0.2) is 24.9 Å². The Morgan fingerprint density at radius 3 is 2.89 bits per heavy atom. The maximum absolute atomic E-state index is 12.9. The van der Waals surface area contributed by atoms with Gasteiger partial charge in [0.2, 0.25) is 5.95 Å². The third-order valence-electron chi connectivity index (χ3n) is 4.89. The number of H-pyrrole nitrogens is 1. The number of imidazole rings is 1. The summed E-state index contributed by atoms with van der Waals surface area (Å²) in [7, 11) is 1.66. The van der Waals surface area contributed by atoms with Crippen LogP contribution < -0.4 is 5.32 Å². The summed E-state index contributed by atoms with van der Waals surface area (Å²) < 4.78 is 12.5. The summed E-state index contributed by atoms with van der Waals surface area (Å²) in [6, 6.07) is 0.0967. The van der Waals surface area contributed by atoms with E-state index in [2.05, 4.69) is 30.5 Å². The van der Waals surface area contributed by atoms with E-state index in [0.29, 0.717) is 30.2 Å². The molecule has 1 saturated carbocycles. The molecule has 1 aliphatic carbocycles. The van der Waals surface area contributed by atoms with Gasteiger partial charge >= 0.3 is 0 Å². The molecule has 0 aliphatic heterocycles. The number of nitrogens with zero attached hydrogens (tertiary/aromatic N) is 5. The number of hydrogen-bond donors (Lipinski definition) is 2. The zero-order chi connectivity index (χ0) is 19.3. The molecular formula is C18H23N7O3. The first-order valence-electron chi connectivity index (χ1n) is 9.35. The van der Waals surface area contributed by atoms with E-state index >= 15 is 0 Å². The van der Waals surface area contributed by atoms with Crippen LogP contribution >= 0.6 is 0 Å². The summed E-state index contributed by atoms with van der Waals surface area (Å²) in [5.74, 6) is 0.147. The van der Waals surface area contributed by atoms with Gasteiger partial charge in [-0.1, -0.05) is 0 Å². The van der Waals surface area contributed by atoms with Gasteiger partial charge in [-0.05, 0) is 25.7 Å². The van der Waals surface area contributed by atoms with Crippen molar-refractivity contribution in [3.63, 3.8) is 0 Å². The van der Waals surface area contributed by atoms with Crippen LogP contribution in [0.1, 0.15) is 36.2 Å². The Bertz CT molecular complexity index is 917. The second kappa shape index (κ2) is 8.44. The van der Waals surface area contributed by atoms with E-state index in [4.69, 9.17) is 9.47 Å². The van der Waals surface area contributed by atoms with Crippen LogP contribution in [0.25, 0.3) is 17.0 Å². The predicted octanol–water partition coefficient (Wildman–Crippen LogP) is 1.24. The summed E-state index contributed by atoms with van der Waals surface area (Å²) >= 11 is 0. The van der Waals surface area contributed by atoms with Gasteiger partial charge in [0.15, 0.2) is 5.69 Å². The highest BCUT2D eigenvalue weighted by Gasteiger charge is 2.25. The minimum atomic E-state index is -0.234. The number of fused-ring (bicyclic) bond motifs is 1. The topological polar surface area (TPSA) is 120 Å². The first-order chi connectivity index (χ1) is 13.7. The normalized spacial score (nSPS) is 19.8. The maximum atomic E-state index is 12.9. The minimum absolute atomic E-state index is 0.0967. The number of carbonyl (C=O) groups is 1. The molecule has 10 heteroatoms. The van der Waals surface area contributed by atoms with Crippen molar-refractivity contribution < 1.29 is 14.3 Å². The van der Waals surface area contributed by atoms with Gasteiger partial charge in [0.1, 0.15) is 17.4 Å². The Kier molecular flexibility index (Phi) is 5.58. The third-order valence-corrected chi connectivity index (χ3v) is 4.89. The number of rotatable bonds is 7. The van der Waals surface area contributed by atoms with Crippen LogP contribution in [0.2, 0.25) is 0 Å². The molecular weight excluding hydrogens is 362 g/mol. The van der Waals surface area contributed by atoms with Crippen molar-refractivity contribution in [1.29, 1.82) is 0 Å². The molecule has 1 aliphatic rings. The molecule has 3 aromatic rings. The number of carbonyl (C=O) groups excluding carboxylic acids is 1. The largest absolute Gasteiger partial charge is 0.382 e. The maximum Gasteiger partial charge on any atom is 0.272 e. The fourth-order valence-corrected chi connectivity index (χ4v) is 3.41. The van der Waals surface area contributed by atoms with Gasteiger partial charge in [-0.25, -0.2) is 15.0 Å².